The maximum atomic E-state index is 12.9. The molecule has 2 N–H and O–H groups in total. The lowest BCUT2D eigenvalue weighted by molar-refractivity contribution is -0.149. The molecule has 0 heterocycles. The van der Waals surface area contributed by atoms with Crippen LogP contribution in [0.1, 0.15) is 61.4 Å². The van der Waals surface area contributed by atoms with Gasteiger partial charge in [0, 0.05) is 13.0 Å². The van der Waals surface area contributed by atoms with Crippen LogP contribution in [0.3, 0.4) is 0 Å². The monoisotopic (exact) mass is 588 g/mol. The predicted molar refractivity (Wildman–Crippen MR) is 162 cm³/mol. The first kappa shape index (κ1) is 32.8. The molecule has 0 radical (unpaired) electrons. The number of amides is 2. The number of aryl methyl sites for hydroxylation is 1. The summed E-state index contributed by atoms with van der Waals surface area (Å²) in [4.78, 5) is 50.0. The van der Waals surface area contributed by atoms with E-state index >= 15 is 0 Å². The predicted octanol–water partition coefficient (Wildman–Crippen LogP) is 5.31. The zero-order valence-corrected chi connectivity index (χ0v) is 25.2. The normalized spacial score (nSPS) is 11.6. The van der Waals surface area contributed by atoms with E-state index in [4.69, 9.17) is 14.2 Å². The molecule has 3 rings (SSSR count). The number of benzene rings is 3. The molecule has 3 aromatic carbocycles. The third kappa shape index (κ3) is 12.8. The van der Waals surface area contributed by atoms with Crippen LogP contribution in [-0.4, -0.2) is 35.6 Å². The van der Waals surface area contributed by atoms with Gasteiger partial charge in [0.1, 0.15) is 24.9 Å². The Labute approximate surface area is 252 Å². The first-order valence-electron chi connectivity index (χ1n) is 14.2. The van der Waals surface area contributed by atoms with Crippen LogP contribution in [0.5, 0.6) is 0 Å². The Kier molecular flexibility index (Phi) is 12.3. The van der Waals surface area contributed by atoms with E-state index < -0.39 is 29.7 Å². The molecule has 1 atom stereocenters. The fourth-order valence-electron chi connectivity index (χ4n) is 3.93. The number of carbonyl (C=O) groups is 4. The standard InChI is InChI=1S/C34H40N2O7/c1-24-10-12-26(13-11-24)21-35-30(37)20-25-14-16-28(17-15-25)23-42-32(39)29(36-33(40)43-34(2,3)4)18-19-31(38)41-22-27-8-6-5-7-9-27/h5-17,29H,18-23H2,1-4H3,(H,35,37)(H,36,40)/t29-/m0/s1. The highest BCUT2D eigenvalue weighted by atomic mass is 16.6. The van der Waals surface area contributed by atoms with E-state index in [-0.39, 0.29) is 38.4 Å². The van der Waals surface area contributed by atoms with E-state index in [2.05, 4.69) is 10.6 Å². The van der Waals surface area contributed by atoms with Crippen LogP contribution >= 0.6 is 0 Å². The number of esters is 2. The van der Waals surface area contributed by atoms with Gasteiger partial charge >= 0.3 is 18.0 Å². The van der Waals surface area contributed by atoms with Crippen LogP contribution in [0.4, 0.5) is 4.79 Å². The Bertz CT molecular complexity index is 1350. The average Bonchev–Trinajstić information content (AvgIpc) is 2.97. The molecule has 43 heavy (non-hydrogen) atoms. The largest absolute Gasteiger partial charge is 0.461 e. The van der Waals surface area contributed by atoms with E-state index in [9.17, 15) is 19.2 Å². The van der Waals surface area contributed by atoms with Gasteiger partial charge in [0.15, 0.2) is 0 Å². The number of alkyl carbamates (subject to hydrolysis) is 1. The number of ether oxygens (including phenoxy) is 3. The van der Waals surface area contributed by atoms with E-state index in [1.54, 1.807) is 45.0 Å². The van der Waals surface area contributed by atoms with Crippen LogP contribution in [0.15, 0.2) is 78.9 Å². The van der Waals surface area contributed by atoms with Gasteiger partial charge in [-0.25, -0.2) is 9.59 Å². The summed E-state index contributed by atoms with van der Waals surface area (Å²) < 4.78 is 16.0. The van der Waals surface area contributed by atoms with Gasteiger partial charge in [0.25, 0.3) is 0 Å². The fourth-order valence-corrected chi connectivity index (χ4v) is 3.93. The van der Waals surface area contributed by atoms with Crippen LogP contribution in [0.25, 0.3) is 0 Å². The molecule has 9 nitrogen and oxygen atoms in total. The Hall–Kier alpha value is -4.66. The lowest BCUT2D eigenvalue weighted by Gasteiger charge is -2.23. The molecule has 3 aromatic rings. The highest BCUT2D eigenvalue weighted by Crippen LogP contribution is 2.12. The van der Waals surface area contributed by atoms with E-state index in [0.29, 0.717) is 12.1 Å². The Morgan fingerprint density at radius 3 is 1.98 bits per heavy atom. The minimum Gasteiger partial charge on any atom is -0.461 e. The number of hydrogen-bond acceptors (Lipinski definition) is 7. The Morgan fingerprint density at radius 1 is 0.744 bits per heavy atom. The number of nitrogens with one attached hydrogen (secondary N) is 2. The highest BCUT2D eigenvalue weighted by Gasteiger charge is 2.26. The van der Waals surface area contributed by atoms with Gasteiger partial charge in [-0.05, 0) is 56.4 Å². The molecule has 0 aliphatic heterocycles. The first-order chi connectivity index (χ1) is 20.5. The molecule has 0 aromatic heterocycles. The molecular formula is C34H40N2O7. The molecule has 0 aliphatic carbocycles. The minimum absolute atomic E-state index is 0.0255. The fraction of sp³-hybridized carbons (Fsp3) is 0.353. The van der Waals surface area contributed by atoms with Crippen molar-refractivity contribution >= 4 is 23.9 Å². The molecule has 0 spiro atoms. The lowest BCUT2D eigenvalue weighted by atomic mass is 10.1. The quantitative estimate of drug-likeness (QED) is 0.205. The van der Waals surface area contributed by atoms with Crippen molar-refractivity contribution < 1.29 is 33.4 Å². The first-order valence-corrected chi connectivity index (χ1v) is 14.2. The van der Waals surface area contributed by atoms with Crippen molar-refractivity contribution in [2.45, 2.75) is 78.4 Å². The molecule has 0 fully saturated rings. The van der Waals surface area contributed by atoms with Gasteiger partial charge in [0.2, 0.25) is 5.91 Å². The van der Waals surface area contributed by atoms with E-state index in [1.807, 2.05) is 61.5 Å². The van der Waals surface area contributed by atoms with Gasteiger partial charge in [-0.15, -0.1) is 0 Å². The third-order valence-electron chi connectivity index (χ3n) is 6.23. The van der Waals surface area contributed by atoms with Gasteiger partial charge in [-0.2, -0.15) is 0 Å². The average molecular weight is 589 g/mol. The summed E-state index contributed by atoms with van der Waals surface area (Å²) >= 11 is 0. The van der Waals surface area contributed by atoms with E-state index in [0.717, 1.165) is 22.3 Å². The number of rotatable bonds is 13. The zero-order valence-electron chi connectivity index (χ0n) is 25.2. The second-order valence-corrected chi connectivity index (χ2v) is 11.2. The highest BCUT2D eigenvalue weighted by molar-refractivity contribution is 5.82. The molecule has 228 valence electrons. The van der Waals surface area contributed by atoms with E-state index in [1.165, 1.54) is 0 Å². The van der Waals surface area contributed by atoms with Gasteiger partial charge in [0.05, 0.1) is 6.42 Å². The molecule has 0 aliphatic rings. The van der Waals surface area contributed by atoms with Crippen molar-refractivity contribution in [3.05, 3.63) is 107 Å². The Morgan fingerprint density at radius 2 is 1.33 bits per heavy atom. The second kappa shape index (κ2) is 16.1. The minimum atomic E-state index is -1.12. The molecular weight excluding hydrogens is 548 g/mol. The SMILES string of the molecule is Cc1ccc(CNC(=O)Cc2ccc(COC(=O)[C@H](CCC(=O)OCc3ccccc3)NC(=O)OC(C)(C)C)cc2)cc1. The summed E-state index contributed by atoms with van der Waals surface area (Å²) in [7, 11) is 0. The summed E-state index contributed by atoms with van der Waals surface area (Å²) in [6.07, 6.45) is -0.711. The second-order valence-electron chi connectivity index (χ2n) is 11.2. The maximum absolute atomic E-state index is 12.9. The molecule has 9 heteroatoms. The number of carbonyl (C=O) groups excluding carboxylic acids is 4. The van der Waals surface area contributed by atoms with Gasteiger partial charge < -0.3 is 24.8 Å². The molecule has 0 saturated carbocycles. The summed E-state index contributed by atoms with van der Waals surface area (Å²) in [6.45, 7) is 7.65. The molecule has 0 unspecified atom stereocenters. The molecule has 0 saturated heterocycles. The van der Waals surface area contributed by atoms with Crippen LogP contribution in [0.2, 0.25) is 0 Å². The summed E-state index contributed by atoms with van der Waals surface area (Å²) in [5.74, 6) is -1.31. The third-order valence-corrected chi connectivity index (χ3v) is 6.23. The van der Waals surface area contributed by atoms with Crippen molar-refractivity contribution in [3.63, 3.8) is 0 Å². The van der Waals surface area contributed by atoms with Crippen molar-refractivity contribution in [1.82, 2.24) is 10.6 Å². The summed E-state index contributed by atoms with van der Waals surface area (Å²) in [6, 6.07) is 23.2. The van der Waals surface area contributed by atoms with Crippen molar-refractivity contribution in [2.24, 2.45) is 0 Å². The zero-order chi connectivity index (χ0) is 31.2. The topological polar surface area (TPSA) is 120 Å². The van der Waals surface area contributed by atoms with Gasteiger partial charge in [-0.1, -0.05) is 84.4 Å². The summed E-state index contributed by atoms with van der Waals surface area (Å²) in [5, 5.41) is 5.42. The maximum Gasteiger partial charge on any atom is 0.408 e. The lowest BCUT2D eigenvalue weighted by Crippen LogP contribution is -2.44. The smallest absolute Gasteiger partial charge is 0.408 e. The van der Waals surface area contributed by atoms with Crippen LogP contribution in [0, 0.1) is 6.92 Å². The Balaban J connectivity index is 1.49. The van der Waals surface area contributed by atoms with Crippen LogP contribution in [-0.2, 0) is 54.8 Å². The van der Waals surface area contributed by atoms with Gasteiger partial charge in [-0.3, -0.25) is 9.59 Å². The van der Waals surface area contributed by atoms with Crippen LogP contribution < -0.4 is 10.6 Å². The van der Waals surface area contributed by atoms with Crippen molar-refractivity contribution in [2.75, 3.05) is 0 Å². The number of hydrogen-bond donors (Lipinski definition) is 2. The molecule has 0 bridgehead atoms. The summed E-state index contributed by atoms with van der Waals surface area (Å²) in [5.41, 5.74) is 3.78. The van der Waals surface area contributed by atoms with Crippen molar-refractivity contribution in [1.29, 1.82) is 0 Å². The molecule has 2 amide bonds. The van der Waals surface area contributed by atoms with Crippen molar-refractivity contribution in [3.8, 4) is 0 Å².